The average molecular weight is 286 g/mol. The molecule has 2 rings (SSSR count). The van der Waals surface area contributed by atoms with Crippen molar-refractivity contribution in [2.45, 2.75) is 27.3 Å². The van der Waals surface area contributed by atoms with Gasteiger partial charge in [-0.15, -0.1) is 0 Å². The topological polar surface area (TPSA) is 59.0 Å². The van der Waals surface area contributed by atoms with E-state index in [1.54, 1.807) is 10.9 Å². The van der Waals surface area contributed by atoms with Crippen LogP contribution >= 0.6 is 0 Å². The molecule has 1 aromatic carbocycles. The minimum atomic E-state index is -0.0654. The fourth-order valence-electron chi connectivity index (χ4n) is 2.19. The number of aryl methyl sites for hydroxylation is 2. The van der Waals surface area contributed by atoms with Crippen LogP contribution in [0.4, 0.5) is 5.69 Å². The van der Waals surface area contributed by atoms with E-state index in [2.05, 4.69) is 22.7 Å². The summed E-state index contributed by atoms with van der Waals surface area (Å²) in [5, 5.41) is 10.4. The molecule has 5 nitrogen and oxygen atoms in total. The van der Waals surface area contributed by atoms with E-state index in [0.717, 1.165) is 29.1 Å². The van der Waals surface area contributed by atoms with Crippen LogP contribution in [0.15, 0.2) is 24.4 Å². The number of anilines is 1. The Morgan fingerprint density at radius 3 is 2.67 bits per heavy atom. The molecule has 0 aliphatic heterocycles. The van der Waals surface area contributed by atoms with E-state index in [1.165, 1.54) is 0 Å². The van der Waals surface area contributed by atoms with Crippen LogP contribution in [-0.4, -0.2) is 22.2 Å². The molecule has 0 unspecified atom stereocenters. The first-order chi connectivity index (χ1) is 10.0. The van der Waals surface area contributed by atoms with Gasteiger partial charge in [-0.25, -0.2) is 0 Å². The van der Waals surface area contributed by atoms with Gasteiger partial charge in [-0.1, -0.05) is 0 Å². The van der Waals surface area contributed by atoms with E-state index in [9.17, 15) is 4.79 Å². The molecule has 0 saturated heterocycles. The van der Waals surface area contributed by atoms with Crippen LogP contribution in [-0.2, 0) is 13.6 Å². The zero-order valence-electron chi connectivity index (χ0n) is 13.0. The van der Waals surface area contributed by atoms with Crippen LogP contribution < -0.4 is 10.6 Å². The Kier molecular flexibility index (Phi) is 4.62. The minimum Gasteiger partial charge on any atom is -0.385 e. The molecule has 21 heavy (non-hydrogen) atoms. The van der Waals surface area contributed by atoms with E-state index in [0.29, 0.717) is 12.1 Å². The Morgan fingerprint density at radius 1 is 1.33 bits per heavy atom. The number of benzene rings is 1. The maximum Gasteiger partial charge on any atom is 0.251 e. The molecule has 0 aliphatic carbocycles. The molecule has 112 valence electrons. The Balaban J connectivity index is 2.03. The zero-order chi connectivity index (χ0) is 15.4. The molecule has 1 heterocycles. The summed E-state index contributed by atoms with van der Waals surface area (Å²) < 4.78 is 1.80. The fraction of sp³-hybridized carbons (Fsp3) is 0.375. The van der Waals surface area contributed by atoms with Crippen molar-refractivity contribution in [1.82, 2.24) is 15.1 Å². The predicted molar refractivity (Wildman–Crippen MR) is 84.5 cm³/mol. The number of hydrogen-bond acceptors (Lipinski definition) is 3. The third kappa shape index (κ3) is 3.42. The summed E-state index contributed by atoms with van der Waals surface area (Å²) in [5.41, 5.74) is 4.91. The Hall–Kier alpha value is -2.30. The molecule has 1 aromatic heterocycles. The van der Waals surface area contributed by atoms with Gasteiger partial charge < -0.3 is 10.6 Å². The lowest BCUT2D eigenvalue weighted by Gasteiger charge is -2.10. The van der Waals surface area contributed by atoms with E-state index in [-0.39, 0.29) is 5.91 Å². The fourth-order valence-corrected chi connectivity index (χ4v) is 2.19. The summed E-state index contributed by atoms with van der Waals surface area (Å²) in [5.74, 6) is -0.0654. The molecule has 0 spiro atoms. The highest BCUT2D eigenvalue weighted by molar-refractivity contribution is 5.94. The van der Waals surface area contributed by atoms with Crippen molar-refractivity contribution in [2.75, 3.05) is 11.9 Å². The summed E-state index contributed by atoms with van der Waals surface area (Å²) in [6.45, 7) is 7.40. The number of amides is 1. The lowest BCUT2D eigenvalue weighted by Crippen LogP contribution is -2.23. The van der Waals surface area contributed by atoms with Gasteiger partial charge in [0.15, 0.2) is 0 Å². The molecule has 2 N–H and O–H groups in total. The van der Waals surface area contributed by atoms with Gasteiger partial charge in [-0.3, -0.25) is 9.48 Å². The van der Waals surface area contributed by atoms with Gasteiger partial charge in [-0.05, 0) is 44.5 Å². The van der Waals surface area contributed by atoms with Gasteiger partial charge in [0.2, 0.25) is 0 Å². The molecule has 0 atom stereocenters. The van der Waals surface area contributed by atoms with Crippen molar-refractivity contribution in [3.63, 3.8) is 0 Å². The SMILES string of the molecule is CCNc1ccc(C(=O)NCc2cnn(C)c2C)cc1C. The molecule has 0 aliphatic rings. The molecule has 5 heteroatoms. The molecule has 1 amide bonds. The lowest BCUT2D eigenvalue weighted by molar-refractivity contribution is 0.0951. The van der Waals surface area contributed by atoms with Crippen LogP contribution in [0.2, 0.25) is 0 Å². The third-order valence-electron chi connectivity index (χ3n) is 3.63. The van der Waals surface area contributed by atoms with Crippen molar-refractivity contribution in [3.05, 3.63) is 46.8 Å². The number of nitrogens with zero attached hydrogens (tertiary/aromatic N) is 2. The first-order valence-corrected chi connectivity index (χ1v) is 7.13. The number of hydrogen-bond donors (Lipinski definition) is 2. The van der Waals surface area contributed by atoms with Crippen molar-refractivity contribution in [2.24, 2.45) is 7.05 Å². The predicted octanol–water partition coefficient (Wildman–Crippen LogP) is 2.40. The standard InChI is InChI=1S/C16H22N4O/c1-5-17-15-7-6-13(8-11(15)2)16(21)18-9-14-10-19-20(4)12(14)3/h6-8,10,17H,5,9H2,1-4H3,(H,18,21). The van der Waals surface area contributed by atoms with Gasteiger partial charge in [-0.2, -0.15) is 5.10 Å². The van der Waals surface area contributed by atoms with E-state index < -0.39 is 0 Å². The number of carbonyl (C=O) groups excluding carboxylic acids is 1. The maximum absolute atomic E-state index is 12.2. The van der Waals surface area contributed by atoms with Crippen molar-refractivity contribution < 1.29 is 4.79 Å². The maximum atomic E-state index is 12.2. The molecule has 0 bridgehead atoms. The smallest absolute Gasteiger partial charge is 0.251 e. The van der Waals surface area contributed by atoms with Crippen LogP contribution in [0.1, 0.15) is 34.1 Å². The first kappa shape index (κ1) is 15.1. The number of aromatic nitrogens is 2. The first-order valence-electron chi connectivity index (χ1n) is 7.13. The summed E-state index contributed by atoms with van der Waals surface area (Å²) in [7, 11) is 1.89. The molecule has 2 aromatic rings. The number of nitrogens with one attached hydrogen (secondary N) is 2. The van der Waals surface area contributed by atoms with Gasteiger partial charge >= 0.3 is 0 Å². The Bertz CT molecular complexity index is 646. The van der Waals surface area contributed by atoms with Crippen molar-refractivity contribution in [1.29, 1.82) is 0 Å². The van der Waals surface area contributed by atoms with Crippen LogP contribution in [0, 0.1) is 13.8 Å². The largest absolute Gasteiger partial charge is 0.385 e. The number of rotatable bonds is 5. The minimum absolute atomic E-state index is 0.0654. The van der Waals surface area contributed by atoms with Gasteiger partial charge in [0.05, 0.1) is 6.20 Å². The monoisotopic (exact) mass is 286 g/mol. The highest BCUT2D eigenvalue weighted by Crippen LogP contribution is 2.16. The normalized spacial score (nSPS) is 10.5. The summed E-state index contributed by atoms with van der Waals surface area (Å²) in [6, 6.07) is 5.70. The van der Waals surface area contributed by atoms with Crippen molar-refractivity contribution in [3.8, 4) is 0 Å². The van der Waals surface area contributed by atoms with E-state index in [4.69, 9.17) is 0 Å². The summed E-state index contributed by atoms with van der Waals surface area (Å²) in [4.78, 5) is 12.2. The second-order valence-electron chi connectivity index (χ2n) is 5.12. The van der Waals surface area contributed by atoms with E-state index in [1.807, 2.05) is 39.1 Å². The van der Waals surface area contributed by atoms with Crippen molar-refractivity contribution >= 4 is 11.6 Å². The second kappa shape index (κ2) is 6.43. The van der Waals surface area contributed by atoms with E-state index >= 15 is 0 Å². The second-order valence-corrected chi connectivity index (χ2v) is 5.12. The van der Waals surface area contributed by atoms with Crippen LogP contribution in [0.5, 0.6) is 0 Å². The molecule has 0 radical (unpaired) electrons. The lowest BCUT2D eigenvalue weighted by atomic mass is 10.1. The average Bonchev–Trinajstić information content (AvgIpc) is 2.78. The van der Waals surface area contributed by atoms with Crippen LogP contribution in [0.25, 0.3) is 0 Å². The van der Waals surface area contributed by atoms with Gasteiger partial charge in [0.1, 0.15) is 0 Å². The van der Waals surface area contributed by atoms with Crippen LogP contribution in [0.3, 0.4) is 0 Å². The Morgan fingerprint density at radius 2 is 2.10 bits per heavy atom. The summed E-state index contributed by atoms with van der Waals surface area (Å²) in [6.07, 6.45) is 1.79. The zero-order valence-corrected chi connectivity index (χ0v) is 13.0. The molecular formula is C16H22N4O. The molecule has 0 saturated carbocycles. The Labute approximate surface area is 125 Å². The molecule has 0 fully saturated rings. The van der Waals surface area contributed by atoms with Gasteiger partial charge in [0, 0.05) is 42.6 Å². The molecular weight excluding hydrogens is 264 g/mol. The van der Waals surface area contributed by atoms with Gasteiger partial charge in [0.25, 0.3) is 5.91 Å². The number of carbonyl (C=O) groups is 1. The quantitative estimate of drug-likeness (QED) is 0.887. The summed E-state index contributed by atoms with van der Waals surface area (Å²) >= 11 is 0. The highest BCUT2D eigenvalue weighted by atomic mass is 16.1. The highest BCUT2D eigenvalue weighted by Gasteiger charge is 2.09. The third-order valence-corrected chi connectivity index (χ3v) is 3.63.